The number of carbonyl (C=O) groups excluding carboxylic acids is 1. The summed E-state index contributed by atoms with van der Waals surface area (Å²) in [6.07, 6.45) is 2.30. The van der Waals surface area contributed by atoms with Crippen molar-refractivity contribution in [2.24, 2.45) is 0 Å². The first-order valence-electron chi connectivity index (χ1n) is 9.34. The van der Waals surface area contributed by atoms with E-state index in [-0.39, 0.29) is 23.3 Å². The molecule has 0 N–H and O–H groups in total. The van der Waals surface area contributed by atoms with Gasteiger partial charge in [0.1, 0.15) is 5.75 Å². The highest BCUT2D eigenvalue weighted by atomic mass is 32.2. The first-order valence-corrected chi connectivity index (χ1v) is 10.8. The smallest absolute Gasteiger partial charge is 0.243 e. The predicted octanol–water partition coefficient (Wildman–Crippen LogP) is 4.04. The van der Waals surface area contributed by atoms with Gasteiger partial charge in [-0.15, -0.1) is 0 Å². The molecular weight excluding hydrogens is 374 g/mol. The van der Waals surface area contributed by atoms with E-state index in [2.05, 4.69) is 0 Å². The lowest BCUT2D eigenvalue weighted by molar-refractivity contribution is -0.113. The summed E-state index contributed by atoms with van der Waals surface area (Å²) in [7, 11) is -3.75. The SMILES string of the molecule is CCOc1ccc(C2CC=C(C(C)=O)CN2S(=O)(=O)c2ccc(C)cc2)cc1. The number of sulfonamides is 1. The summed E-state index contributed by atoms with van der Waals surface area (Å²) in [6.45, 7) is 5.94. The van der Waals surface area contributed by atoms with Crippen molar-refractivity contribution in [2.75, 3.05) is 13.2 Å². The summed E-state index contributed by atoms with van der Waals surface area (Å²) in [5.41, 5.74) is 2.39. The Morgan fingerprint density at radius 3 is 2.32 bits per heavy atom. The first kappa shape index (κ1) is 20.3. The molecule has 1 aliphatic heterocycles. The van der Waals surface area contributed by atoms with Crippen molar-refractivity contribution in [3.63, 3.8) is 0 Å². The third-order valence-corrected chi connectivity index (χ3v) is 6.79. The quantitative estimate of drug-likeness (QED) is 0.735. The number of hydrogen-bond donors (Lipinski definition) is 0. The number of carbonyl (C=O) groups is 1. The van der Waals surface area contributed by atoms with Gasteiger partial charge in [0.05, 0.1) is 17.5 Å². The zero-order chi connectivity index (χ0) is 20.3. The number of ether oxygens (including phenoxy) is 1. The van der Waals surface area contributed by atoms with Gasteiger partial charge in [0.2, 0.25) is 10.0 Å². The van der Waals surface area contributed by atoms with Gasteiger partial charge in [-0.3, -0.25) is 4.79 Å². The molecule has 3 rings (SSSR count). The van der Waals surface area contributed by atoms with Crippen LogP contribution in [0.25, 0.3) is 0 Å². The van der Waals surface area contributed by atoms with Crippen LogP contribution in [0.2, 0.25) is 0 Å². The Bertz CT molecular complexity index is 976. The molecule has 0 radical (unpaired) electrons. The van der Waals surface area contributed by atoms with Crippen LogP contribution < -0.4 is 4.74 Å². The lowest BCUT2D eigenvalue weighted by Crippen LogP contribution is -2.39. The fourth-order valence-corrected chi connectivity index (χ4v) is 4.93. The molecule has 0 amide bonds. The number of benzene rings is 2. The fraction of sp³-hybridized carbons (Fsp3) is 0.318. The van der Waals surface area contributed by atoms with Crippen LogP contribution in [0, 0.1) is 6.92 Å². The number of rotatable bonds is 6. The predicted molar refractivity (Wildman–Crippen MR) is 109 cm³/mol. The molecule has 5 nitrogen and oxygen atoms in total. The molecule has 0 spiro atoms. The van der Waals surface area contributed by atoms with Crippen molar-refractivity contribution in [3.8, 4) is 5.75 Å². The van der Waals surface area contributed by atoms with E-state index in [0.717, 1.165) is 16.9 Å². The van der Waals surface area contributed by atoms with E-state index in [1.54, 1.807) is 24.3 Å². The summed E-state index contributed by atoms with van der Waals surface area (Å²) in [5, 5.41) is 0. The van der Waals surface area contributed by atoms with Crippen molar-refractivity contribution in [3.05, 3.63) is 71.3 Å². The van der Waals surface area contributed by atoms with Gasteiger partial charge >= 0.3 is 0 Å². The first-order chi connectivity index (χ1) is 13.3. The highest BCUT2D eigenvalue weighted by Crippen LogP contribution is 2.35. The number of Topliss-reactive ketones (excluding diaryl/α,β-unsaturated/α-hetero) is 1. The van der Waals surface area contributed by atoms with Gasteiger partial charge in [-0.05, 0) is 57.0 Å². The van der Waals surface area contributed by atoms with Crippen LogP contribution in [-0.4, -0.2) is 31.7 Å². The second-order valence-electron chi connectivity index (χ2n) is 6.90. The normalized spacial score (nSPS) is 17.8. The molecule has 2 aromatic rings. The van der Waals surface area contributed by atoms with E-state index >= 15 is 0 Å². The second-order valence-corrected chi connectivity index (χ2v) is 8.79. The molecule has 6 heteroatoms. The minimum atomic E-state index is -3.75. The van der Waals surface area contributed by atoms with E-state index in [4.69, 9.17) is 4.74 Å². The maximum atomic E-state index is 13.4. The highest BCUT2D eigenvalue weighted by molar-refractivity contribution is 7.89. The van der Waals surface area contributed by atoms with Gasteiger partial charge in [-0.1, -0.05) is 35.9 Å². The zero-order valence-corrected chi connectivity index (χ0v) is 17.2. The van der Waals surface area contributed by atoms with Gasteiger partial charge in [0.25, 0.3) is 0 Å². The van der Waals surface area contributed by atoms with Gasteiger partial charge in [0.15, 0.2) is 5.78 Å². The molecule has 148 valence electrons. The minimum Gasteiger partial charge on any atom is -0.494 e. The lowest BCUT2D eigenvalue weighted by atomic mass is 9.97. The largest absolute Gasteiger partial charge is 0.494 e. The van der Waals surface area contributed by atoms with Crippen LogP contribution in [-0.2, 0) is 14.8 Å². The van der Waals surface area contributed by atoms with Crippen molar-refractivity contribution >= 4 is 15.8 Å². The van der Waals surface area contributed by atoms with Crippen molar-refractivity contribution in [1.29, 1.82) is 0 Å². The van der Waals surface area contributed by atoms with Crippen LogP contribution in [0.15, 0.2) is 65.1 Å². The van der Waals surface area contributed by atoms with Crippen LogP contribution in [0.3, 0.4) is 0 Å². The Morgan fingerprint density at radius 2 is 1.75 bits per heavy atom. The third kappa shape index (κ3) is 4.18. The number of hydrogen-bond acceptors (Lipinski definition) is 4. The van der Waals surface area contributed by atoms with Crippen LogP contribution in [0.5, 0.6) is 5.75 Å². The van der Waals surface area contributed by atoms with Crippen LogP contribution in [0.4, 0.5) is 0 Å². The zero-order valence-electron chi connectivity index (χ0n) is 16.4. The molecule has 1 atom stereocenters. The van der Waals surface area contributed by atoms with E-state index in [1.165, 1.54) is 11.2 Å². The van der Waals surface area contributed by atoms with E-state index < -0.39 is 10.0 Å². The van der Waals surface area contributed by atoms with Crippen molar-refractivity contribution < 1.29 is 17.9 Å². The molecule has 28 heavy (non-hydrogen) atoms. The Hall–Kier alpha value is -2.44. The molecule has 1 unspecified atom stereocenters. The molecular formula is C22H25NO4S. The Kier molecular flexibility index (Phi) is 6.01. The summed E-state index contributed by atoms with van der Waals surface area (Å²) in [4.78, 5) is 12.1. The third-order valence-electron chi connectivity index (χ3n) is 4.92. The minimum absolute atomic E-state index is 0.0728. The van der Waals surface area contributed by atoms with E-state index in [0.29, 0.717) is 18.6 Å². The lowest BCUT2D eigenvalue weighted by Gasteiger charge is -2.34. The molecule has 2 aromatic carbocycles. The molecule has 0 saturated carbocycles. The van der Waals surface area contributed by atoms with Gasteiger partial charge < -0.3 is 4.74 Å². The number of aryl methyl sites for hydroxylation is 1. The van der Waals surface area contributed by atoms with Crippen LogP contribution >= 0.6 is 0 Å². The Morgan fingerprint density at radius 1 is 1.11 bits per heavy atom. The fourth-order valence-electron chi connectivity index (χ4n) is 3.32. The van der Waals surface area contributed by atoms with Gasteiger partial charge in [-0.25, -0.2) is 8.42 Å². The van der Waals surface area contributed by atoms with E-state index in [1.807, 2.05) is 44.2 Å². The molecule has 0 saturated heterocycles. The molecule has 1 aliphatic rings. The summed E-state index contributed by atoms with van der Waals surface area (Å²) >= 11 is 0. The summed E-state index contributed by atoms with van der Waals surface area (Å²) in [6, 6.07) is 13.9. The van der Waals surface area contributed by atoms with Crippen molar-refractivity contribution in [2.45, 2.75) is 38.1 Å². The second kappa shape index (κ2) is 8.29. The number of nitrogens with zero attached hydrogens (tertiary/aromatic N) is 1. The maximum Gasteiger partial charge on any atom is 0.243 e. The molecule has 0 bridgehead atoms. The highest BCUT2D eigenvalue weighted by Gasteiger charge is 2.35. The summed E-state index contributed by atoms with van der Waals surface area (Å²) < 4.78 is 33.7. The molecule has 1 heterocycles. The standard InChI is InChI=1S/C22H25NO4S/c1-4-27-20-10-7-18(8-11-20)22-14-9-19(17(3)24)15-23(22)28(25,26)21-12-5-16(2)6-13-21/h5-13,22H,4,14-15H2,1-3H3. The Balaban J connectivity index is 2.01. The van der Waals surface area contributed by atoms with Crippen molar-refractivity contribution in [1.82, 2.24) is 4.31 Å². The topological polar surface area (TPSA) is 63.7 Å². The Labute approximate surface area is 166 Å². The van der Waals surface area contributed by atoms with Gasteiger partial charge in [0, 0.05) is 12.1 Å². The average Bonchev–Trinajstić information content (AvgIpc) is 2.68. The monoisotopic (exact) mass is 399 g/mol. The molecule has 0 fully saturated rings. The maximum absolute atomic E-state index is 13.4. The molecule has 0 aliphatic carbocycles. The van der Waals surface area contributed by atoms with E-state index in [9.17, 15) is 13.2 Å². The summed E-state index contributed by atoms with van der Waals surface area (Å²) in [5.74, 6) is 0.643. The molecule has 0 aromatic heterocycles. The van der Waals surface area contributed by atoms with Crippen LogP contribution in [0.1, 0.15) is 37.4 Å². The van der Waals surface area contributed by atoms with Gasteiger partial charge in [-0.2, -0.15) is 4.31 Å². The average molecular weight is 400 g/mol. The number of ketones is 1.